The van der Waals surface area contributed by atoms with Crippen molar-refractivity contribution in [3.05, 3.63) is 50.8 Å². The highest BCUT2D eigenvalue weighted by molar-refractivity contribution is 7.12. The summed E-state index contributed by atoms with van der Waals surface area (Å²) < 4.78 is 10.4. The maximum atomic E-state index is 12.0. The molecule has 13 heteroatoms. The first kappa shape index (κ1) is 26.1. The fraction of sp³-hybridized carbons (Fsp3) is 0.375. The normalized spacial score (nSPS) is 13.9. The highest BCUT2D eigenvalue weighted by Gasteiger charge is 2.23. The number of nitrogens with one attached hydrogen (secondary N) is 2. The Labute approximate surface area is 218 Å². The number of piperidine rings is 1. The van der Waals surface area contributed by atoms with Gasteiger partial charge in [-0.15, -0.1) is 11.3 Å². The molecule has 12 nitrogen and oxygen atoms in total. The van der Waals surface area contributed by atoms with Gasteiger partial charge >= 0.3 is 11.7 Å². The Kier molecular flexibility index (Phi) is 8.04. The summed E-state index contributed by atoms with van der Waals surface area (Å²) in [7, 11) is 7.08. The van der Waals surface area contributed by atoms with Crippen molar-refractivity contribution in [2.75, 3.05) is 56.9 Å². The van der Waals surface area contributed by atoms with Crippen LogP contribution in [0.3, 0.4) is 0 Å². The molecular weight excluding hydrogens is 498 g/mol. The van der Waals surface area contributed by atoms with Crippen molar-refractivity contribution in [2.45, 2.75) is 18.9 Å². The smallest absolute Gasteiger partial charge is 0.350 e. The highest BCUT2D eigenvalue weighted by Crippen LogP contribution is 2.35. The molecule has 1 saturated heterocycles. The molecule has 0 atom stereocenters. The van der Waals surface area contributed by atoms with Crippen molar-refractivity contribution in [1.29, 1.82) is 0 Å². The number of carbonyl (C=O) groups excluding carboxylic acids is 1. The van der Waals surface area contributed by atoms with Crippen molar-refractivity contribution in [1.82, 2.24) is 14.9 Å². The quantitative estimate of drug-likeness (QED) is 0.235. The number of esters is 1. The van der Waals surface area contributed by atoms with Crippen molar-refractivity contribution in [2.24, 2.45) is 0 Å². The Hall–Kier alpha value is -3.97. The fourth-order valence-corrected chi connectivity index (χ4v) is 4.95. The summed E-state index contributed by atoms with van der Waals surface area (Å²) in [6.45, 7) is 1.91. The van der Waals surface area contributed by atoms with Crippen LogP contribution in [0.4, 0.5) is 34.5 Å². The maximum Gasteiger partial charge on any atom is 0.350 e. The van der Waals surface area contributed by atoms with E-state index < -0.39 is 10.9 Å². The van der Waals surface area contributed by atoms with Gasteiger partial charge in [-0.3, -0.25) is 10.1 Å². The van der Waals surface area contributed by atoms with Gasteiger partial charge in [0, 0.05) is 30.9 Å². The van der Waals surface area contributed by atoms with Gasteiger partial charge < -0.3 is 29.9 Å². The number of aromatic nitrogens is 2. The van der Waals surface area contributed by atoms with E-state index in [2.05, 4.69) is 44.5 Å². The van der Waals surface area contributed by atoms with E-state index in [1.54, 1.807) is 18.6 Å². The average Bonchev–Trinajstić information content (AvgIpc) is 3.36. The lowest BCUT2D eigenvalue weighted by Crippen LogP contribution is -2.41. The molecule has 2 N–H and O–H groups in total. The summed E-state index contributed by atoms with van der Waals surface area (Å²) in [5.41, 5.74) is 1.68. The van der Waals surface area contributed by atoms with Crippen molar-refractivity contribution in [3.63, 3.8) is 0 Å². The van der Waals surface area contributed by atoms with Crippen LogP contribution >= 0.6 is 11.3 Å². The Balaban J connectivity index is 1.56. The van der Waals surface area contributed by atoms with Gasteiger partial charge in [-0.05, 0) is 50.5 Å². The Morgan fingerprint density at radius 1 is 1.19 bits per heavy atom. The minimum Gasteiger partial charge on any atom is -0.494 e. The predicted molar refractivity (Wildman–Crippen MR) is 143 cm³/mol. The molecule has 1 fully saturated rings. The van der Waals surface area contributed by atoms with Gasteiger partial charge in [-0.1, -0.05) is 0 Å². The summed E-state index contributed by atoms with van der Waals surface area (Å²) >= 11 is 1.15. The molecule has 1 aliphatic rings. The Bertz CT molecular complexity index is 1270. The van der Waals surface area contributed by atoms with E-state index >= 15 is 0 Å². The van der Waals surface area contributed by atoms with Gasteiger partial charge in [0.1, 0.15) is 16.8 Å². The molecule has 0 amide bonds. The summed E-state index contributed by atoms with van der Waals surface area (Å²) in [5.74, 6) is 0.101. The lowest BCUT2D eigenvalue weighted by atomic mass is 10.0. The van der Waals surface area contributed by atoms with Gasteiger partial charge in [0.25, 0.3) is 0 Å². The third-order valence-corrected chi connectivity index (χ3v) is 7.14. The van der Waals surface area contributed by atoms with Crippen LogP contribution in [0, 0.1) is 10.1 Å². The standard InChI is InChI=1S/C24H29N7O5S/c1-29(2)15-7-10-30(11-8-15)16-5-6-17(20(13-16)35-3)27-24-25-14-19(31(33)34)22(28-24)26-18-9-12-37-21(18)23(32)36-4/h5-6,9,12-15H,7-8,10-11H2,1-4H3,(H2,25,26,27,28). The van der Waals surface area contributed by atoms with Crippen LogP contribution in [0.5, 0.6) is 5.75 Å². The molecule has 196 valence electrons. The number of carbonyl (C=O) groups is 1. The molecule has 0 aliphatic carbocycles. The molecule has 3 aromatic rings. The number of thiophene rings is 1. The van der Waals surface area contributed by atoms with Gasteiger partial charge in [-0.25, -0.2) is 9.78 Å². The minimum atomic E-state index is -0.592. The van der Waals surface area contributed by atoms with Crippen LogP contribution < -0.4 is 20.3 Å². The second kappa shape index (κ2) is 11.4. The number of hydrogen-bond donors (Lipinski definition) is 2. The first-order valence-electron chi connectivity index (χ1n) is 11.6. The zero-order valence-electron chi connectivity index (χ0n) is 21.1. The lowest BCUT2D eigenvalue weighted by Gasteiger charge is -2.36. The molecule has 0 radical (unpaired) electrons. The monoisotopic (exact) mass is 527 g/mol. The third-order valence-electron chi connectivity index (χ3n) is 6.25. The van der Waals surface area contributed by atoms with Crippen LogP contribution in [-0.4, -0.2) is 73.2 Å². The van der Waals surface area contributed by atoms with Crippen LogP contribution in [0.1, 0.15) is 22.5 Å². The zero-order chi connectivity index (χ0) is 26.5. The van der Waals surface area contributed by atoms with E-state index in [0.717, 1.165) is 49.2 Å². The predicted octanol–water partition coefficient (Wildman–Crippen LogP) is 4.26. The number of nitrogens with zero attached hydrogens (tertiary/aromatic N) is 5. The van der Waals surface area contributed by atoms with Crippen LogP contribution in [0.25, 0.3) is 0 Å². The van der Waals surface area contributed by atoms with Crippen LogP contribution in [0.15, 0.2) is 35.8 Å². The van der Waals surface area contributed by atoms with Crippen LogP contribution in [-0.2, 0) is 4.74 Å². The SMILES string of the molecule is COC(=O)c1sccc1Nc1nc(Nc2ccc(N3CCC(N(C)C)CC3)cc2OC)ncc1[N+](=O)[O-]. The van der Waals surface area contributed by atoms with E-state index in [4.69, 9.17) is 9.47 Å². The molecule has 3 heterocycles. The molecule has 37 heavy (non-hydrogen) atoms. The first-order chi connectivity index (χ1) is 17.8. The summed E-state index contributed by atoms with van der Waals surface area (Å²) in [4.78, 5) is 36.3. The van der Waals surface area contributed by atoms with Crippen molar-refractivity contribution < 1.29 is 19.2 Å². The molecule has 0 bridgehead atoms. The average molecular weight is 528 g/mol. The van der Waals surface area contributed by atoms with E-state index in [1.165, 1.54) is 7.11 Å². The Morgan fingerprint density at radius 2 is 1.95 bits per heavy atom. The number of hydrogen-bond acceptors (Lipinski definition) is 12. The number of ether oxygens (including phenoxy) is 2. The molecule has 0 unspecified atom stereocenters. The van der Waals surface area contributed by atoms with Crippen molar-refractivity contribution in [3.8, 4) is 5.75 Å². The summed E-state index contributed by atoms with van der Waals surface area (Å²) in [6, 6.07) is 8.03. The highest BCUT2D eigenvalue weighted by atomic mass is 32.1. The number of methoxy groups -OCH3 is 2. The molecule has 1 aromatic carbocycles. The number of rotatable bonds is 9. The summed E-state index contributed by atoms with van der Waals surface area (Å²) in [6.07, 6.45) is 3.28. The van der Waals surface area contributed by atoms with Crippen LogP contribution in [0.2, 0.25) is 0 Å². The molecule has 4 rings (SSSR count). The van der Waals surface area contributed by atoms with E-state index in [-0.39, 0.29) is 22.3 Å². The van der Waals surface area contributed by atoms with E-state index in [1.807, 2.05) is 18.2 Å². The summed E-state index contributed by atoms with van der Waals surface area (Å²) in [5, 5.41) is 19.2. The number of anilines is 5. The van der Waals surface area contributed by atoms with Gasteiger partial charge in [-0.2, -0.15) is 4.98 Å². The molecule has 1 aliphatic heterocycles. The van der Waals surface area contributed by atoms with Crippen molar-refractivity contribution >= 4 is 51.8 Å². The number of nitro groups is 1. The topological polar surface area (TPSA) is 135 Å². The second-order valence-electron chi connectivity index (χ2n) is 8.66. The van der Waals surface area contributed by atoms with Gasteiger partial charge in [0.15, 0.2) is 0 Å². The van der Waals surface area contributed by atoms with Gasteiger partial charge in [0.2, 0.25) is 11.8 Å². The Morgan fingerprint density at radius 3 is 2.59 bits per heavy atom. The van der Waals surface area contributed by atoms with Gasteiger partial charge in [0.05, 0.1) is 30.5 Å². The lowest BCUT2D eigenvalue weighted by molar-refractivity contribution is -0.384. The van der Waals surface area contributed by atoms with E-state index in [9.17, 15) is 14.9 Å². The molecule has 0 saturated carbocycles. The first-order valence-corrected chi connectivity index (χ1v) is 12.5. The van der Waals surface area contributed by atoms with E-state index in [0.29, 0.717) is 23.2 Å². The minimum absolute atomic E-state index is 0.0644. The number of benzene rings is 1. The molecule has 2 aromatic heterocycles. The maximum absolute atomic E-state index is 12.0. The molecular formula is C24H29N7O5S. The third kappa shape index (κ3) is 5.89. The second-order valence-corrected chi connectivity index (χ2v) is 9.57. The zero-order valence-corrected chi connectivity index (χ0v) is 21.9. The molecule has 0 spiro atoms. The fourth-order valence-electron chi connectivity index (χ4n) is 4.19. The largest absolute Gasteiger partial charge is 0.494 e.